The van der Waals surface area contributed by atoms with Gasteiger partial charge in [0.2, 0.25) is 11.8 Å². The van der Waals surface area contributed by atoms with E-state index in [1.54, 1.807) is 4.90 Å². The third-order valence-electron chi connectivity index (χ3n) is 3.49. The van der Waals surface area contributed by atoms with Crippen molar-refractivity contribution in [1.82, 2.24) is 10.2 Å². The molecule has 0 saturated heterocycles. The number of carbonyl (C=O) groups excluding carboxylic acids is 2. The summed E-state index contributed by atoms with van der Waals surface area (Å²) in [5.74, 6) is 0.00140. The van der Waals surface area contributed by atoms with Crippen molar-refractivity contribution in [2.75, 3.05) is 19.6 Å². The molecule has 22 heavy (non-hydrogen) atoms. The van der Waals surface area contributed by atoms with Gasteiger partial charge >= 0.3 is 0 Å². The standard InChI is InChI=1S/C17H25ClN2O2/c1-3-4-11-19-17(22)10-13-20(14(2)21)12-9-15-5-7-16(18)8-6-15/h5-8H,3-4,9-13H2,1-2H3,(H,19,22). The van der Waals surface area contributed by atoms with Gasteiger partial charge in [-0.05, 0) is 30.5 Å². The van der Waals surface area contributed by atoms with Crippen molar-refractivity contribution in [3.63, 3.8) is 0 Å². The van der Waals surface area contributed by atoms with E-state index in [0.29, 0.717) is 31.1 Å². The van der Waals surface area contributed by atoms with Crippen molar-refractivity contribution in [1.29, 1.82) is 0 Å². The molecule has 0 spiro atoms. The summed E-state index contributed by atoms with van der Waals surface area (Å²) in [7, 11) is 0. The predicted molar refractivity (Wildman–Crippen MR) is 89.9 cm³/mol. The van der Waals surface area contributed by atoms with Crippen LogP contribution in [0.3, 0.4) is 0 Å². The second-order valence-corrected chi connectivity index (χ2v) is 5.77. The topological polar surface area (TPSA) is 49.4 Å². The fourth-order valence-electron chi connectivity index (χ4n) is 2.07. The Bertz CT molecular complexity index is 474. The largest absolute Gasteiger partial charge is 0.356 e. The van der Waals surface area contributed by atoms with Crippen molar-refractivity contribution in [3.8, 4) is 0 Å². The van der Waals surface area contributed by atoms with Gasteiger partial charge in [0.25, 0.3) is 0 Å². The fourth-order valence-corrected chi connectivity index (χ4v) is 2.20. The monoisotopic (exact) mass is 324 g/mol. The van der Waals surface area contributed by atoms with Crippen molar-refractivity contribution < 1.29 is 9.59 Å². The Hall–Kier alpha value is -1.55. The van der Waals surface area contributed by atoms with E-state index in [2.05, 4.69) is 12.2 Å². The van der Waals surface area contributed by atoms with Gasteiger partial charge < -0.3 is 10.2 Å². The van der Waals surface area contributed by atoms with Crippen LogP contribution in [0.1, 0.15) is 38.7 Å². The minimum Gasteiger partial charge on any atom is -0.356 e. The van der Waals surface area contributed by atoms with Crippen molar-refractivity contribution >= 4 is 23.4 Å². The third-order valence-corrected chi connectivity index (χ3v) is 3.74. The highest BCUT2D eigenvalue weighted by molar-refractivity contribution is 6.30. The summed E-state index contributed by atoms with van der Waals surface area (Å²) in [4.78, 5) is 25.1. The van der Waals surface area contributed by atoms with Crippen LogP contribution >= 0.6 is 11.6 Å². The van der Waals surface area contributed by atoms with Crippen LogP contribution < -0.4 is 5.32 Å². The lowest BCUT2D eigenvalue weighted by Gasteiger charge is -2.21. The first-order valence-electron chi connectivity index (χ1n) is 7.79. The Labute approximate surface area is 137 Å². The minimum atomic E-state index is -0.00433. The van der Waals surface area contributed by atoms with Gasteiger partial charge in [0.15, 0.2) is 0 Å². The van der Waals surface area contributed by atoms with Crippen LogP contribution in [0.15, 0.2) is 24.3 Å². The summed E-state index contributed by atoms with van der Waals surface area (Å²) in [6.45, 7) is 5.40. The maximum Gasteiger partial charge on any atom is 0.221 e. The number of hydrogen-bond acceptors (Lipinski definition) is 2. The van der Waals surface area contributed by atoms with E-state index < -0.39 is 0 Å². The van der Waals surface area contributed by atoms with Gasteiger partial charge in [-0.3, -0.25) is 9.59 Å². The van der Waals surface area contributed by atoms with E-state index in [1.165, 1.54) is 6.92 Å². The third kappa shape index (κ3) is 7.46. The molecule has 4 nitrogen and oxygen atoms in total. The molecule has 0 aliphatic heterocycles. The lowest BCUT2D eigenvalue weighted by atomic mass is 10.1. The summed E-state index contributed by atoms with van der Waals surface area (Å²) >= 11 is 5.85. The molecule has 1 aromatic rings. The van der Waals surface area contributed by atoms with Crippen LogP contribution in [0, 0.1) is 0 Å². The van der Waals surface area contributed by atoms with E-state index in [9.17, 15) is 9.59 Å². The Morgan fingerprint density at radius 2 is 1.86 bits per heavy atom. The molecule has 1 rings (SSSR count). The number of carbonyl (C=O) groups is 2. The Morgan fingerprint density at radius 1 is 1.18 bits per heavy atom. The SMILES string of the molecule is CCCCNC(=O)CCN(CCc1ccc(Cl)cc1)C(C)=O. The summed E-state index contributed by atoms with van der Waals surface area (Å²) < 4.78 is 0. The molecule has 0 fully saturated rings. The maximum absolute atomic E-state index is 11.7. The zero-order chi connectivity index (χ0) is 16.4. The van der Waals surface area contributed by atoms with E-state index in [-0.39, 0.29) is 11.8 Å². The van der Waals surface area contributed by atoms with Gasteiger partial charge in [0, 0.05) is 38.0 Å². The average Bonchev–Trinajstić information content (AvgIpc) is 2.49. The fraction of sp³-hybridized carbons (Fsp3) is 0.529. The maximum atomic E-state index is 11.7. The molecule has 5 heteroatoms. The van der Waals surface area contributed by atoms with Gasteiger partial charge in [0.1, 0.15) is 0 Å². The molecule has 0 radical (unpaired) electrons. The van der Waals surface area contributed by atoms with Crippen LogP contribution in [-0.2, 0) is 16.0 Å². The number of nitrogens with zero attached hydrogens (tertiary/aromatic N) is 1. The Morgan fingerprint density at radius 3 is 2.45 bits per heavy atom. The lowest BCUT2D eigenvalue weighted by Crippen LogP contribution is -2.35. The Kier molecular flexibility index (Phi) is 8.60. The van der Waals surface area contributed by atoms with Gasteiger partial charge in [-0.2, -0.15) is 0 Å². The summed E-state index contributed by atoms with van der Waals surface area (Å²) in [5, 5.41) is 3.57. The number of unbranched alkanes of at least 4 members (excludes halogenated alkanes) is 1. The molecular weight excluding hydrogens is 300 g/mol. The minimum absolute atomic E-state index is 0.00433. The molecule has 0 unspecified atom stereocenters. The number of amides is 2. The van der Waals surface area contributed by atoms with Crippen molar-refractivity contribution in [2.45, 2.75) is 39.5 Å². The molecule has 0 aromatic heterocycles. The van der Waals surface area contributed by atoms with Crippen LogP contribution in [0.2, 0.25) is 5.02 Å². The lowest BCUT2D eigenvalue weighted by molar-refractivity contribution is -0.129. The molecule has 2 amide bonds. The first kappa shape index (κ1) is 18.5. The molecule has 0 aliphatic carbocycles. The second-order valence-electron chi connectivity index (χ2n) is 5.34. The first-order chi connectivity index (χ1) is 10.5. The molecule has 0 bridgehead atoms. The molecule has 122 valence electrons. The molecule has 0 heterocycles. The van der Waals surface area contributed by atoms with Gasteiger partial charge in [-0.1, -0.05) is 37.1 Å². The molecular formula is C17H25ClN2O2. The van der Waals surface area contributed by atoms with Crippen molar-refractivity contribution in [3.05, 3.63) is 34.9 Å². The predicted octanol–water partition coefficient (Wildman–Crippen LogP) is 3.04. The van der Waals surface area contributed by atoms with E-state index >= 15 is 0 Å². The number of rotatable bonds is 9. The summed E-state index contributed by atoms with van der Waals surface area (Å²) in [6, 6.07) is 7.60. The molecule has 0 saturated carbocycles. The number of hydrogen-bond donors (Lipinski definition) is 1. The van der Waals surface area contributed by atoms with Crippen LogP contribution in [0.25, 0.3) is 0 Å². The van der Waals surface area contributed by atoms with Crippen LogP contribution in [0.5, 0.6) is 0 Å². The van der Waals surface area contributed by atoms with Crippen LogP contribution in [0.4, 0.5) is 0 Å². The van der Waals surface area contributed by atoms with E-state index in [4.69, 9.17) is 11.6 Å². The molecule has 1 N–H and O–H groups in total. The van der Waals surface area contributed by atoms with Gasteiger partial charge in [-0.25, -0.2) is 0 Å². The second kappa shape index (κ2) is 10.2. The molecule has 0 aliphatic rings. The normalized spacial score (nSPS) is 10.3. The van der Waals surface area contributed by atoms with E-state index in [1.807, 2.05) is 24.3 Å². The van der Waals surface area contributed by atoms with E-state index in [0.717, 1.165) is 24.8 Å². The highest BCUT2D eigenvalue weighted by Crippen LogP contribution is 2.10. The molecule has 0 atom stereocenters. The van der Waals surface area contributed by atoms with Gasteiger partial charge in [0.05, 0.1) is 0 Å². The number of halogens is 1. The first-order valence-corrected chi connectivity index (χ1v) is 8.17. The quantitative estimate of drug-likeness (QED) is 0.710. The zero-order valence-electron chi connectivity index (χ0n) is 13.4. The Balaban J connectivity index is 2.37. The summed E-state index contributed by atoms with van der Waals surface area (Å²) in [6.07, 6.45) is 3.15. The highest BCUT2D eigenvalue weighted by atomic mass is 35.5. The zero-order valence-corrected chi connectivity index (χ0v) is 14.2. The smallest absolute Gasteiger partial charge is 0.221 e. The average molecular weight is 325 g/mol. The van der Waals surface area contributed by atoms with Crippen LogP contribution in [-0.4, -0.2) is 36.3 Å². The van der Waals surface area contributed by atoms with Gasteiger partial charge in [-0.15, -0.1) is 0 Å². The number of nitrogens with one attached hydrogen (secondary N) is 1. The van der Waals surface area contributed by atoms with Crippen molar-refractivity contribution in [2.24, 2.45) is 0 Å². The number of benzene rings is 1. The summed E-state index contributed by atoms with van der Waals surface area (Å²) in [5.41, 5.74) is 1.13. The highest BCUT2D eigenvalue weighted by Gasteiger charge is 2.11. The molecule has 1 aromatic carbocycles.